The lowest BCUT2D eigenvalue weighted by molar-refractivity contribution is -0.643. The molecule has 7 aromatic rings. The smallest absolute Gasteiger partial charge is 0.224 e. The van der Waals surface area contributed by atoms with Crippen LogP contribution in [0.25, 0.3) is 60.1 Å². The summed E-state index contributed by atoms with van der Waals surface area (Å²) in [4.78, 5) is 0. The van der Waals surface area contributed by atoms with E-state index in [0.717, 1.165) is 6.42 Å². The van der Waals surface area contributed by atoms with E-state index in [0.29, 0.717) is 0 Å². The van der Waals surface area contributed by atoms with Crippen LogP contribution >= 0.6 is 0 Å². The summed E-state index contributed by atoms with van der Waals surface area (Å²) < 4.78 is 4.81. The van der Waals surface area contributed by atoms with E-state index in [-0.39, 0.29) is 0 Å². The lowest BCUT2D eigenvalue weighted by Gasteiger charge is -2.14. The summed E-state index contributed by atoms with van der Waals surface area (Å²) in [7, 11) is 2.17. The van der Waals surface area contributed by atoms with Crippen molar-refractivity contribution in [2.75, 3.05) is 0 Å². The second-order valence-electron chi connectivity index (χ2n) is 9.29. The molecule has 0 aliphatic carbocycles. The zero-order valence-corrected chi connectivity index (χ0v) is 19.2. The minimum atomic E-state index is 1.05. The SMILES string of the molecule is CCc1cccc(-c2cc3cc[n+](C)c4c5c(C)ccc6c7ccccc7n(c(c2)c34)c65)c1. The lowest BCUT2D eigenvalue weighted by atomic mass is 9.95. The van der Waals surface area contributed by atoms with Crippen molar-refractivity contribution in [3.8, 4) is 11.1 Å². The first-order chi connectivity index (χ1) is 16.2. The number of pyridine rings is 2. The van der Waals surface area contributed by atoms with Gasteiger partial charge in [0.2, 0.25) is 5.52 Å². The van der Waals surface area contributed by atoms with Gasteiger partial charge in [0.25, 0.3) is 0 Å². The van der Waals surface area contributed by atoms with Crippen LogP contribution in [0, 0.1) is 6.92 Å². The molecule has 0 aliphatic rings. The van der Waals surface area contributed by atoms with Gasteiger partial charge in [-0.25, -0.2) is 4.57 Å². The summed E-state index contributed by atoms with van der Waals surface area (Å²) in [5, 5.41) is 6.62. The van der Waals surface area contributed by atoms with E-state index in [9.17, 15) is 0 Å². The zero-order chi connectivity index (χ0) is 22.3. The molecule has 0 radical (unpaired) electrons. The Hall–Kier alpha value is -3.91. The van der Waals surface area contributed by atoms with E-state index in [1.807, 2.05) is 0 Å². The number of hydrogen-bond donors (Lipinski definition) is 0. The molecule has 2 heteroatoms. The number of para-hydroxylation sites is 1. The standard InChI is InChI=1S/C31H25N2/c1-4-20-8-7-9-21(16-20)23-17-22-14-15-32(3)31-28-19(2)12-13-25-24-10-5-6-11-26(24)33(30(25)28)27(18-23)29(22)31/h5-18H,4H2,1-3H3/q+1. The van der Waals surface area contributed by atoms with E-state index in [1.54, 1.807) is 0 Å². The van der Waals surface area contributed by atoms with Crippen LogP contribution in [-0.4, -0.2) is 4.40 Å². The predicted octanol–water partition coefficient (Wildman–Crippen LogP) is 7.35. The number of fused-ring (bicyclic) bond motifs is 5. The molecule has 0 saturated heterocycles. The molecule has 0 aliphatic heterocycles. The van der Waals surface area contributed by atoms with Gasteiger partial charge in [-0.1, -0.05) is 61.5 Å². The van der Waals surface area contributed by atoms with Crippen molar-refractivity contribution in [1.82, 2.24) is 4.40 Å². The third kappa shape index (κ3) is 2.41. The number of hydrogen-bond acceptors (Lipinski definition) is 0. The molecule has 3 heterocycles. The van der Waals surface area contributed by atoms with Crippen LogP contribution in [0.3, 0.4) is 0 Å². The average Bonchev–Trinajstić information content (AvgIpc) is 3.19. The first-order valence-electron chi connectivity index (χ1n) is 11.7. The highest BCUT2D eigenvalue weighted by molar-refractivity contribution is 6.26. The molecule has 0 atom stereocenters. The second-order valence-corrected chi connectivity index (χ2v) is 9.29. The van der Waals surface area contributed by atoms with Gasteiger partial charge in [0.05, 0.1) is 27.3 Å². The van der Waals surface area contributed by atoms with Crippen LogP contribution in [0.5, 0.6) is 0 Å². The topological polar surface area (TPSA) is 8.29 Å². The molecule has 0 fully saturated rings. The summed E-state index contributed by atoms with van der Waals surface area (Å²) in [6, 6.07) is 29.4. The molecule has 158 valence electrons. The molecule has 0 bridgehead atoms. The largest absolute Gasteiger partial charge is 0.307 e. The first-order valence-corrected chi connectivity index (χ1v) is 11.7. The normalized spacial score (nSPS) is 12.2. The van der Waals surface area contributed by atoms with Crippen LogP contribution in [0.15, 0.2) is 85.1 Å². The Bertz CT molecular complexity index is 1870. The molecule has 0 N–H and O–H groups in total. The Morgan fingerprint density at radius 3 is 2.52 bits per heavy atom. The zero-order valence-electron chi connectivity index (χ0n) is 19.2. The van der Waals surface area contributed by atoms with Gasteiger partial charge >= 0.3 is 0 Å². The minimum absolute atomic E-state index is 1.05. The Kier molecular flexibility index (Phi) is 3.70. The molecule has 33 heavy (non-hydrogen) atoms. The van der Waals surface area contributed by atoms with Crippen molar-refractivity contribution in [2.24, 2.45) is 7.05 Å². The highest BCUT2D eigenvalue weighted by Gasteiger charge is 2.24. The van der Waals surface area contributed by atoms with E-state index in [2.05, 4.69) is 115 Å². The van der Waals surface area contributed by atoms with Crippen LogP contribution in [0.4, 0.5) is 0 Å². The Morgan fingerprint density at radius 1 is 0.758 bits per heavy atom. The fourth-order valence-corrected chi connectivity index (χ4v) is 5.80. The molecule has 0 amide bonds. The maximum Gasteiger partial charge on any atom is 0.224 e. The van der Waals surface area contributed by atoms with E-state index >= 15 is 0 Å². The maximum absolute atomic E-state index is 2.51. The number of aromatic nitrogens is 2. The highest BCUT2D eigenvalue weighted by atomic mass is 15.0. The number of nitrogens with zero attached hydrogens (tertiary/aromatic N) is 2. The summed E-state index contributed by atoms with van der Waals surface area (Å²) in [5.74, 6) is 0. The molecule has 0 unspecified atom stereocenters. The summed E-state index contributed by atoms with van der Waals surface area (Å²) in [6.45, 7) is 4.46. The van der Waals surface area contributed by atoms with Crippen molar-refractivity contribution < 1.29 is 4.57 Å². The summed E-state index contributed by atoms with van der Waals surface area (Å²) >= 11 is 0. The van der Waals surface area contributed by atoms with Crippen molar-refractivity contribution in [2.45, 2.75) is 20.3 Å². The molecular formula is C31H25N2+. The Balaban J connectivity index is 1.79. The fourth-order valence-electron chi connectivity index (χ4n) is 5.80. The minimum Gasteiger partial charge on any atom is -0.307 e. The highest BCUT2D eigenvalue weighted by Crippen LogP contribution is 2.41. The quantitative estimate of drug-likeness (QED) is 0.155. The molecule has 7 rings (SSSR count). The van der Waals surface area contributed by atoms with E-state index < -0.39 is 0 Å². The monoisotopic (exact) mass is 425 g/mol. The van der Waals surface area contributed by atoms with Crippen molar-refractivity contribution in [3.63, 3.8) is 0 Å². The van der Waals surface area contributed by atoms with Gasteiger partial charge in [-0.15, -0.1) is 0 Å². The molecule has 2 nitrogen and oxygen atoms in total. The molecule has 0 spiro atoms. The summed E-state index contributed by atoms with van der Waals surface area (Å²) in [6.07, 6.45) is 3.26. The van der Waals surface area contributed by atoms with Gasteiger partial charge in [-0.05, 0) is 59.2 Å². The van der Waals surface area contributed by atoms with Gasteiger partial charge in [0.1, 0.15) is 7.05 Å². The Labute approximate surface area is 192 Å². The van der Waals surface area contributed by atoms with Gasteiger partial charge < -0.3 is 4.40 Å². The van der Waals surface area contributed by atoms with Crippen LogP contribution in [0.2, 0.25) is 0 Å². The van der Waals surface area contributed by atoms with Gasteiger partial charge in [0, 0.05) is 16.8 Å². The maximum atomic E-state index is 2.51. The van der Waals surface area contributed by atoms with Crippen molar-refractivity contribution >= 4 is 49.0 Å². The fraction of sp³-hybridized carbons (Fsp3) is 0.129. The summed E-state index contributed by atoms with van der Waals surface area (Å²) in [5.41, 5.74) is 10.4. The average molecular weight is 426 g/mol. The van der Waals surface area contributed by atoms with E-state index in [4.69, 9.17) is 0 Å². The van der Waals surface area contributed by atoms with E-state index in [1.165, 1.54) is 71.3 Å². The van der Waals surface area contributed by atoms with Crippen LogP contribution in [-0.2, 0) is 13.5 Å². The number of benzene rings is 4. The van der Waals surface area contributed by atoms with Gasteiger partial charge in [-0.3, -0.25) is 0 Å². The Morgan fingerprint density at radius 2 is 1.64 bits per heavy atom. The molecule has 0 saturated carbocycles. The van der Waals surface area contributed by atoms with Crippen LogP contribution < -0.4 is 4.57 Å². The van der Waals surface area contributed by atoms with Crippen LogP contribution in [0.1, 0.15) is 18.1 Å². The third-order valence-corrected chi connectivity index (χ3v) is 7.41. The second kappa shape index (κ2) is 6.55. The third-order valence-electron chi connectivity index (χ3n) is 7.41. The first kappa shape index (κ1) is 18.6. The lowest BCUT2D eigenvalue weighted by Crippen LogP contribution is -2.28. The van der Waals surface area contributed by atoms with Crippen molar-refractivity contribution in [3.05, 3.63) is 96.2 Å². The predicted molar refractivity (Wildman–Crippen MR) is 139 cm³/mol. The number of rotatable bonds is 2. The number of aryl methyl sites for hydroxylation is 3. The molecular weight excluding hydrogens is 400 g/mol. The molecule has 3 aromatic heterocycles. The van der Waals surface area contributed by atoms with Crippen molar-refractivity contribution in [1.29, 1.82) is 0 Å². The molecule has 4 aromatic carbocycles. The van der Waals surface area contributed by atoms with Gasteiger partial charge in [-0.2, -0.15) is 0 Å². The van der Waals surface area contributed by atoms with Gasteiger partial charge in [0.15, 0.2) is 6.20 Å².